The normalized spacial score (nSPS) is 15.7. The number of benzene rings is 1. The first-order chi connectivity index (χ1) is 11.5. The summed E-state index contributed by atoms with van der Waals surface area (Å²) in [5, 5.41) is 28.0. The molecule has 0 amide bonds. The van der Waals surface area contributed by atoms with Crippen molar-refractivity contribution >= 4 is 18.6 Å². The maximum atomic E-state index is 10.9. The molecular formula is C15H12BN3O5. The molecule has 9 heteroatoms. The average molecular weight is 325 g/mol. The van der Waals surface area contributed by atoms with Gasteiger partial charge in [0.05, 0.1) is 12.5 Å². The van der Waals surface area contributed by atoms with Gasteiger partial charge in [-0.25, -0.2) is 9.97 Å². The van der Waals surface area contributed by atoms with Crippen LogP contribution in [0.4, 0.5) is 0 Å². The van der Waals surface area contributed by atoms with Gasteiger partial charge in [-0.05, 0) is 35.6 Å². The van der Waals surface area contributed by atoms with Crippen LogP contribution >= 0.6 is 0 Å². The van der Waals surface area contributed by atoms with Gasteiger partial charge in [0.15, 0.2) is 0 Å². The Morgan fingerprint density at radius 2 is 2.21 bits per heavy atom. The molecule has 1 aliphatic rings. The molecule has 1 unspecified atom stereocenters. The lowest BCUT2D eigenvalue weighted by Gasteiger charge is -2.13. The van der Waals surface area contributed by atoms with Crippen LogP contribution in [0.15, 0.2) is 24.5 Å². The molecule has 1 aliphatic heterocycles. The first-order valence-electron chi connectivity index (χ1n) is 7.08. The highest BCUT2D eigenvalue weighted by Crippen LogP contribution is 2.33. The Morgan fingerprint density at radius 3 is 2.92 bits per heavy atom. The van der Waals surface area contributed by atoms with Gasteiger partial charge in [0, 0.05) is 12.4 Å². The number of aryl methyl sites for hydroxylation is 1. The predicted octanol–water partition coefficient (Wildman–Crippen LogP) is 0.682. The van der Waals surface area contributed by atoms with Crippen LogP contribution < -0.4 is 10.2 Å². The molecule has 24 heavy (non-hydrogen) atoms. The van der Waals surface area contributed by atoms with Crippen molar-refractivity contribution in [2.75, 3.05) is 0 Å². The fourth-order valence-electron chi connectivity index (χ4n) is 2.69. The Kier molecular flexibility index (Phi) is 4.16. The smallest absolute Gasteiger partial charge is 0.481 e. The minimum Gasteiger partial charge on any atom is -0.481 e. The summed E-state index contributed by atoms with van der Waals surface area (Å²) in [6.07, 6.45) is 1.83. The van der Waals surface area contributed by atoms with Gasteiger partial charge in [-0.1, -0.05) is 0 Å². The zero-order valence-corrected chi connectivity index (χ0v) is 12.6. The number of ether oxygens (including phenoxy) is 1. The van der Waals surface area contributed by atoms with Crippen molar-refractivity contribution < 1.29 is 24.3 Å². The minimum absolute atomic E-state index is 0.0382. The molecule has 0 saturated carbocycles. The summed E-state index contributed by atoms with van der Waals surface area (Å²) in [6, 6.07) is 5.10. The summed E-state index contributed by atoms with van der Waals surface area (Å²) in [4.78, 5) is 18.8. The van der Waals surface area contributed by atoms with Crippen molar-refractivity contribution in [3.05, 3.63) is 41.3 Å². The Morgan fingerprint density at radius 1 is 1.46 bits per heavy atom. The number of rotatable bonds is 4. The molecule has 2 aromatic rings. The molecule has 2 heterocycles. The monoisotopic (exact) mass is 325 g/mol. The number of fused-ring (bicyclic) bond motifs is 1. The van der Waals surface area contributed by atoms with Crippen LogP contribution in [0.2, 0.25) is 0 Å². The summed E-state index contributed by atoms with van der Waals surface area (Å²) in [7, 11) is -1.23. The number of hydrogen-bond acceptors (Lipinski definition) is 7. The number of carboxylic acids is 1. The molecule has 1 aromatic heterocycles. The van der Waals surface area contributed by atoms with Crippen molar-refractivity contribution in [3.63, 3.8) is 0 Å². The first-order valence-corrected chi connectivity index (χ1v) is 7.08. The Balaban J connectivity index is 1.96. The third-order valence-electron chi connectivity index (χ3n) is 3.62. The van der Waals surface area contributed by atoms with E-state index in [2.05, 4.69) is 9.97 Å². The molecule has 1 atom stereocenters. The van der Waals surface area contributed by atoms with E-state index >= 15 is 0 Å². The number of carboxylic acid groups (broad SMARTS) is 1. The van der Waals surface area contributed by atoms with E-state index in [1.54, 1.807) is 19.1 Å². The third kappa shape index (κ3) is 2.93. The van der Waals surface area contributed by atoms with E-state index in [0.717, 1.165) is 0 Å². The number of aliphatic carboxylic acids is 1. The summed E-state index contributed by atoms with van der Waals surface area (Å²) in [5.74, 6) is -0.616. The van der Waals surface area contributed by atoms with Gasteiger partial charge in [0.2, 0.25) is 5.69 Å². The Hall–Kier alpha value is -2.96. The average Bonchev–Trinajstić information content (AvgIpc) is 2.83. The van der Waals surface area contributed by atoms with E-state index in [4.69, 9.17) is 19.8 Å². The van der Waals surface area contributed by atoms with Crippen LogP contribution in [-0.2, 0) is 9.45 Å². The number of aromatic nitrogens is 2. The second-order valence-corrected chi connectivity index (χ2v) is 5.24. The summed E-state index contributed by atoms with van der Waals surface area (Å²) >= 11 is 0. The summed E-state index contributed by atoms with van der Waals surface area (Å²) in [5.41, 5.74) is 1.83. The largest absolute Gasteiger partial charge is 0.492 e. The van der Waals surface area contributed by atoms with Gasteiger partial charge in [0.25, 0.3) is 5.88 Å². The van der Waals surface area contributed by atoms with E-state index < -0.39 is 19.2 Å². The number of nitrogens with zero attached hydrogens (tertiary/aromatic N) is 3. The molecular weight excluding hydrogens is 313 g/mol. The molecule has 0 bridgehead atoms. The van der Waals surface area contributed by atoms with E-state index in [9.17, 15) is 9.82 Å². The molecule has 1 aromatic carbocycles. The lowest BCUT2D eigenvalue weighted by Crippen LogP contribution is -2.28. The van der Waals surface area contributed by atoms with Crippen LogP contribution in [0.5, 0.6) is 11.6 Å². The molecule has 0 saturated heterocycles. The number of hydrogen-bond donors (Lipinski definition) is 2. The van der Waals surface area contributed by atoms with E-state index in [-0.39, 0.29) is 18.0 Å². The van der Waals surface area contributed by atoms with Gasteiger partial charge in [0.1, 0.15) is 11.8 Å². The molecule has 8 nitrogen and oxygen atoms in total. The summed E-state index contributed by atoms with van der Waals surface area (Å²) < 4.78 is 10.9. The minimum atomic E-state index is -1.23. The number of carbonyl (C=O) groups is 1. The molecule has 3 rings (SSSR count). The highest BCUT2D eigenvalue weighted by molar-refractivity contribution is 6.62. The standard InChI is InChI=1S/C15H12BN3O5/c1-8-4-9(23-15-11(7-17)18-2-3-19-15)5-10-14(8)12(6-13(20)21)24-16(10)22/h2-5,12,22H,6H2,1H3,(H,20,21). The topological polar surface area (TPSA) is 126 Å². The fraction of sp³-hybridized carbons (Fsp3) is 0.200. The second-order valence-electron chi connectivity index (χ2n) is 5.24. The molecule has 0 aliphatic carbocycles. The van der Waals surface area contributed by atoms with Gasteiger partial charge >= 0.3 is 13.1 Å². The molecule has 2 N–H and O–H groups in total. The lowest BCUT2D eigenvalue weighted by atomic mass is 9.77. The zero-order valence-electron chi connectivity index (χ0n) is 12.6. The predicted molar refractivity (Wildman–Crippen MR) is 81.7 cm³/mol. The van der Waals surface area contributed by atoms with Crippen LogP contribution in [0.25, 0.3) is 0 Å². The quantitative estimate of drug-likeness (QED) is 0.786. The van der Waals surface area contributed by atoms with Crippen LogP contribution in [-0.4, -0.2) is 33.2 Å². The Bertz CT molecular complexity index is 851. The maximum Gasteiger partial charge on any atom is 0.492 e. The van der Waals surface area contributed by atoms with Crippen LogP contribution in [0, 0.1) is 18.3 Å². The van der Waals surface area contributed by atoms with Crippen LogP contribution in [0.3, 0.4) is 0 Å². The second kappa shape index (κ2) is 6.27. The first kappa shape index (κ1) is 15.9. The van der Waals surface area contributed by atoms with E-state index in [1.165, 1.54) is 12.4 Å². The van der Waals surface area contributed by atoms with Crippen molar-refractivity contribution in [2.24, 2.45) is 0 Å². The Labute approximate surface area is 137 Å². The van der Waals surface area contributed by atoms with E-state index in [0.29, 0.717) is 22.3 Å². The van der Waals surface area contributed by atoms with Crippen molar-refractivity contribution in [1.82, 2.24) is 9.97 Å². The maximum absolute atomic E-state index is 10.9. The summed E-state index contributed by atoms with van der Waals surface area (Å²) in [6.45, 7) is 1.77. The van der Waals surface area contributed by atoms with Crippen LogP contribution in [0.1, 0.15) is 29.3 Å². The molecule has 0 fully saturated rings. The van der Waals surface area contributed by atoms with Gasteiger partial charge in [-0.2, -0.15) is 5.26 Å². The highest BCUT2D eigenvalue weighted by atomic mass is 16.5. The van der Waals surface area contributed by atoms with Crippen molar-refractivity contribution in [2.45, 2.75) is 19.4 Å². The SMILES string of the molecule is Cc1cc(Oc2nccnc2C#N)cc2c1C(CC(=O)O)OB2O. The van der Waals surface area contributed by atoms with Crippen molar-refractivity contribution in [1.29, 1.82) is 5.26 Å². The molecule has 120 valence electrons. The van der Waals surface area contributed by atoms with Gasteiger partial charge < -0.3 is 19.5 Å². The lowest BCUT2D eigenvalue weighted by molar-refractivity contribution is -0.138. The van der Waals surface area contributed by atoms with Crippen molar-refractivity contribution in [3.8, 4) is 17.7 Å². The zero-order chi connectivity index (χ0) is 17.3. The molecule has 0 radical (unpaired) electrons. The fourth-order valence-corrected chi connectivity index (χ4v) is 2.69. The molecule has 0 spiro atoms. The third-order valence-corrected chi connectivity index (χ3v) is 3.62. The van der Waals surface area contributed by atoms with Gasteiger partial charge in [-0.3, -0.25) is 4.79 Å². The van der Waals surface area contributed by atoms with E-state index in [1.807, 2.05) is 6.07 Å². The van der Waals surface area contributed by atoms with Gasteiger partial charge in [-0.15, -0.1) is 0 Å². The number of nitriles is 1. The highest BCUT2D eigenvalue weighted by Gasteiger charge is 2.38.